The molecule has 22 heavy (non-hydrogen) atoms. The minimum atomic E-state index is -0.0841. The van der Waals surface area contributed by atoms with Gasteiger partial charge in [0, 0.05) is 0 Å². The van der Waals surface area contributed by atoms with Crippen LogP contribution in [0.5, 0.6) is 0 Å². The topological polar surface area (TPSA) is 32.3 Å². The third-order valence-electron chi connectivity index (χ3n) is 4.29. The van der Waals surface area contributed by atoms with Gasteiger partial charge in [0.1, 0.15) is 0 Å². The molecule has 1 saturated heterocycles. The lowest BCUT2D eigenvalue weighted by Crippen LogP contribution is -2.41. The van der Waals surface area contributed by atoms with Crippen molar-refractivity contribution < 1.29 is 4.79 Å². The minimum absolute atomic E-state index is 0.0841. The van der Waals surface area contributed by atoms with E-state index in [1.54, 1.807) is 0 Å². The van der Waals surface area contributed by atoms with E-state index in [2.05, 4.69) is 31.3 Å². The molecular weight excluding hydrogens is 272 g/mol. The van der Waals surface area contributed by atoms with Crippen molar-refractivity contribution in [3.63, 3.8) is 0 Å². The van der Waals surface area contributed by atoms with Crippen LogP contribution < -0.4 is 10.2 Å². The highest BCUT2D eigenvalue weighted by Gasteiger charge is 2.30. The van der Waals surface area contributed by atoms with Crippen LogP contribution in [0.15, 0.2) is 48.5 Å². The molecule has 1 aliphatic heterocycles. The van der Waals surface area contributed by atoms with Crippen LogP contribution in [-0.2, 0) is 4.79 Å². The number of hydrogen-bond donors (Lipinski definition) is 1. The van der Waals surface area contributed by atoms with Crippen molar-refractivity contribution in [2.75, 3.05) is 11.4 Å². The second kappa shape index (κ2) is 6.32. The summed E-state index contributed by atoms with van der Waals surface area (Å²) in [7, 11) is 0. The fourth-order valence-corrected chi connectivity index (χ4v) is 3.05. The minimum Gasteiger partial charge on any atom is -0.306 e. The molecule has 3 nitrogen and oxygen atoms in total. The first-order valence-electron chi connectivity index (χ1n) is 7.87. The molecule has 0 bridgehead atoms. The normalized spacial score (nSPS) is 17.5. The number of para-hydroxylation sites is 2. The van der Waals surface area contributed by atoms with Gasteiger partial charge in [0.05, 0.1) is 17.4 Å². The lowest BCUT2D eigenvalue weighted by molar-refractivity contribution is -0.119. The Morgan fingerprint density at radius 2 is 1.55 bits per heavy atom. The quantitative estimate of drug-likeness (QED) is 0.935. The summed E-state index contributed by atoms with van der Waals surface area (Å²) in [5.74, 6) is 0.140. The number of hydrogen-bond acceptors (Lipinski definition) is 2. The molecule has 1 amide bonds. The summed E-state index contributed by atoms with van der Waals surface area (Å²) in [6.07, 6.45) is 1.97. The second-order valence-electron chi connectivity index (χ2n) is 5.90. The van der Waals surface area contributed by atoms with Crippen LogP contribution in [0.2, 0.25) is 0 Å². The molecule has 1 unspecified atom stereocenters. The Bertz CT molecular complexity index is 629. The van der Waals surface area contributed by atoms with Crippen molar-refractivity contribution in [3.05, 3.63) is 59.7 Å². The zero-order valence-corrected chi connectivity index (χ0v) is 13.2. The number of aryl methyl sites for hydroxylation is 2. The summed E-state index contributed by atoms with van der Waals surface area (Å²) in [5.41, 5.74) is 4.15. The van der Waals surface area contributed by atoms with Crippen molar-refractivity contribution >= 4 is 17.3 Å². The van der Waals surface area contributed by atoms with Gasteiger partial charge in [0.25, 0.3) is 0 Å². The number of benzene rings is 2. The smallest absolute Gasteiger partial charge is 0.248 e. The maximum Gasteiger partial charge on any atom is 0.248 e. The van der Waals surface area contributed by atoms with E-state index in [1.165, 1.54) is 0 Å². The number of nitrogens with one attached hydrogen (secondary N) is 1. The Balaban J connectivity index is 2.08. The number of anilines is 2. The molecule has 3 heteroatoms. The van der Waals surface area contributed by atoms with Crippen molar-refractivity contribution in [3.8, 4) is 0 Å². The zero-order valence-electron chi connectivity index (χ0n) is 13.2. The number of amides is 1. The van der Waals surface area contributed by atoms with Gasteiger partial charge in [-0.15, -0.1) is 0 Å². The average molecular weight is 294 g/mol. The molecule has 0 aromatic heterocycles. The first-order chi connectivity index (χ1) is 10.7. The van der Waals surface area contributed by atoms with Gasteiger partial charge in [-0.05, 0) is 56.5 Å². The van der Waals surface area contributed by atoms with E-state index in [-0.39, 0.29) is 11.9 Å². The molecule has 0 aliphatic carbocycles. The number of rotatable bonds is 3. The van der Waals surface area contributed by atoms with Gasteiger partial charge >= 0.3 is 0 Å². The van der Waals surface area contributed by atoms with E-state index in [4.69, 9.17) is 0 Å². The van der Waals surface area contributed by atoms with Gasteiger partial charge in [-0.3, -0.25) is 9.69 Å². The van der Waals surface area contributed by atoms with E-state index in [0.717, 1.165) is 41.9 Å². The Hall–Kier alpha value is -2.13. The highest BCUT2D eigenvalue weighted by atomic mass is 16.2. The average Bonchev–Trinajstić information content (AvgIpc) is 3.05. The first-order valence-corrected chi connectivity index (χ1v) is 7.87. The summed E-state index contributed by atoms with van der Waals surface area (Å²) >= 11 is 0. The van der Waals surface area contributed by atoms with Crippen molar-refractivity contribution in [2.45, 2.75) is 32.7 Å². The fourth-order valence-electron chi connectivity index (χ4n) is 3.05. The molecule has 0 saturated carbocycles. The molecule has 1 atom stereocenters. The summed E-state index contributed by atoms with van der Waals surface area (Å²) in [6, 6.07) is 16.1. The molecule has 0 radical (unpaired) electrons. The second-order valence-corrected chi connectivity index (χ2v) is 5.90. The van der Waals surface area contributed by atoms with Gasteiger partial charge in [-0.2, -0.15) is 0 Å². The Morgan fingerprint density at radius 1 is 1.00 bits per heavy atom. The third-order valence-corrected chi connectivity index (χ3v) is 4.29. The van der Waals surface area contributed by atoms with Gasteiger partial charge < -0.3 is 5.32 Å². The van der Waals surface area contributed by atoms with Crippen LogP contribution in [0.3, 0.4) is 0 Å². The molecule has 1 aliphatic rings. The molecule has 2 aromatic rings. The number of nitrogens with zero attached hydrogens (tertiary/aromatic N) is 1. The van der Waals surface area contributed by atoms with Gasteiger partial charge in [-0.1, -0.05) is 36.4 Å². The molecular formula is C19H22N2O. The molecule has 114 valence electrons. The van der Waals surface area contributed by atoms with Crippen LogP contribution in [0.4, 0.5) is 11.4 Å². The highest BCUT2D eigenvalue weighted by molar-refractivity contribution is 6.04. The van der Waals surface area contributed by atoms with E-state index >= 15 is 0 Å². The van der Waals surface area contributed by atoms with Gasteiger partial charge in [0.15, 0.2) is 0 Å². The standard InChI is InChI=1S/C19H22N2O/c1-14-8-3-5-11-17(14)21(18-12-6-4-9-15(18)2)19(22)16-10-7-13-20-16/h3-6,8-9,11-12,16,20H,7,10,13H2,1-2H3. The van der Waals surface area contributed by atoms with Gasteiger partial charge in [-0.25, -0.2) is 0 Å². The molecule has 3 rings (SSSR count). The van der Waals surface area contributed by atoms with E-state index in [9.17, 15) is 4.79 Å². The van der Waals surface area contributed by atoms with E-state index < -0.39 is 0 Å². The zero-order chi connectivity index (χ0) is 15.5. The van der Waals surface area contributed by atoms with Crippen LogP contribution in [0.25, 0.3) is 0 Å². The summed E-state index contributed by atoms with van der Waals surface area (Å²) < 4.78 is 0. The first kappa shape index (κ1) is 14.8. The summed E-state index contributed by atoms with van der Waals surface area (Å²) in [5, 5.41) is 3.32. The third kappa shape index (κ3) is 2.77. The van der Waals surface area contributed by atoms with Crippen LogP contribution in [0.1, 0.15) is 24.0 Å². The monoisotopic (exact) mass is 294 g/mol. The fraction of sp³-hybridized carbons (Fsp3) is 0.316. The van der Waals surface area contributed by atoms with Gasteiger partial charge in [0.2, 0.25) is 5.91 Å². The Labute approximate surface area is 132 Å². The maximum atomic E-state index is 13.1. The number of carbonyl (C=O) groups excluding carboxylic acids is 1. The lowest BCUT2D eigenvalue weighted by atomic mass is 10.1. The lowest BCUT2D eigenvalue weighted by Gasteiger charge is -2.28. The van der Waals surface area contributed by atoms with Crippen molar-refractivity contribution in [1.29, 1.82) is 0 Å². The summed E-state index contributed by atoms with van der Waals surface area (Å²) in [6.45, 7) is 5.03. The number of carbonyl (C=O) groups is 1. The molecule has 0 spiro atoms. The predicted molar refractivity (Wildman–Crippen MR) is 90.5 cm³/mol. The molecule has 2 aromatic carbocycles. The van der Waals surface area contributed by atoms with Crippen LogP contribution in [-0.4, -0.2) is 18.5 Å². The predicted octanol–water partition coefficient (Wildman–Crippen LogP) is 3.72. The largest absolute Gasteiger partial charge is 0.306 e. The van der Waals surface area contributed by atoms with Crippen molar-refractivity contribution in [2.24, 2.45) is 0 Å². The van der Waals surface area contributed by atoms with E-state index in [1.807, 2.05) is 41.3 Å². The molecule has 1 heterocycles. The highest BCUT2D eigenvalue weighted by Crippen LogP contribution is 2.32. The van der Waals surface area contributed by atoms with Crippen molar-refractivity contribution in [1.82, 2.24) is 5.32 Å². The summed E-state index contributed by atoms with van der Waals surface area (Å²) in [4.78, 5) is 15.0. The van der Waals surface area contributed by atoms with Crippen LogP contribution >= 0.6 is 0 Å². The van der Waals surface area contributed by atoms with Crippen LogP contribution in [0, 0.1) is 13.8 Å². The SMILES string of the molecule is Cc1ccccc1N(C(=O)C1CCCN1)c1ccccc1C. The molecule has 1 N–H and O–H groups in total. The molecule has 1 fully saturated rings. The van der Waals surface area contributed by atoms with E-state index in [0.29, 0.717) is 0 Å². The Kier molecular flexibility index (Phi) is 4.25. The Morgan fingerprint density at radius 3 is 2.00 bits per heavy atom. The maximum absolute atomic E-state index is 13.1.